The van der Waals surface area contributed by atoms with E-state index in [-0.39, 0.29) is 0 Å². The summed E-state index contributed by atoms with van der Waals surface area (Å²) in [6.45, 7) is 7.04. The van der Waals surface area contributed by atoms with E-state index in [2.05, 4.69) is 13.2 Å². The van der Waals surface area contributed by atoms with Crippen LogP contribution in [0.25, 0.3) is 0 Å². The molecule has 0 aliphatic carbocycles. The second kappa shape index (κ2) is 4.91. The molecule has 1 atom stereocenters. The van der Waals surface area contributed by atoms with Gasteiger partial charge in [0, 0.05) is 6.26 Å². The quantitative estimate of drug-likeness (QED) is 0.475. The summed E-state index contributed by atoms with van der Waals surface area (Å²) in [6.07, 6.45) is 4.59. The Morgan fingerprint density at radius 3 is 2.09 bits per heavy atom. The summed E-state index contributed by atoms with van der Waals surface area (Å²) in [5, 5.41) is 0. The molecule has 0 saturated heterocycles. The van der Waals surface area contributed by atoms with E-state index >= 15 is 0 Å². The summed E-state index contributed by atoms with van der Waals surface area (Å²) in [5.41, 5.74) is 0. The number of methoxy groups -OCH3 is 1. The van der Waals surface area contributed by atoms with Crippen LogP contribution in [0.15, 0.2) is 36.0 Å². The first-order valence-corrected chi connectivity index (χ1v) is 4.59. The van der Waals surface area contributed by atoms with Gasteiger partial charge >= 0.3 is 0 Å². The topological polar surface area (TPSA) is 26.3 Å². The van der Waals surface area contributed by atoms with Crippen molar-refractivity contribution < 1.29 is 8.95 Å². The minimum absolute atomic E-state index is 0.515. The molecule has 11 heavy (non-hydrogen) atoms. The van der Waals surface area contributed by atoms with E-state index in [0.717, 1.165) is 0 Å². The lowest BCUT2D eigenvalue weighted by Gasteiger charge is -2.03. The predicted molar refractivity (Wildman–Crippen MR) is 48.5 cm³/mol. The largest absolute Gasteiger partial charge is 0.496 e. The summed E-state index contributed by atoms with van der Waals surface area (Å²) < 4.78 is 15.9. The van der Waals surface area contributed by atoms with Crippen LogP contribution in [0.5, 0.6) is 0 Å². The van der Waals surface area contributed by atoms with Crippen LogP contribution in [0.1, 0.15) is 0 Å². The van der Waals surface area contributed by atoms with Gasteiger partial charge in [0.15, 0.2) is 0 Å². The molecule has 0 bridgehead atoms. The van der Waals surface area contributed by atoms with Gasteiger partial charge in [-0.25, -0.2) is 0 Å². The number of hydrogen-bond acceptors (Lipinski definition) is 2. The molecule has 0 amide bonds. The number of hydrogen-bond donors (Lipinski definition) is 0. The smallest absolute Gasteiger partial charge is 0.134 e. The van der Waals surface area contributed by atoms with E-state index in [9.17, 15) is 4.21 Å². The van der Waals surface area contributed by atoms with Crippen LogP contribution in [-0.4, -0.2) is 17.6 Å². The van der Waals surface area contributed by atoms with E-state index in [1.54, 1.807) is 6.26 Å². The zero-order valence-corrected chi connectivity index (χ0v) is 7.61. The molecule has 0 saturated carbocycles. The monoisotopic (exact) mass is 172 g/mol. The third-order valence-corrected chi connectivity index (χ3v) is 2.13. The van der Waals surface area contributed by atoms with Gasteiger partial charge in [-0.1, -0.05) is 13.2 Å². The molecule has 0 fully saturated rings. The van der Waals surface area contributed by atoms with Gasteiger partial charge in [-0.3, -0.25) is 4.21 Å². The normalized spacial score (nSPS) is 14.7. The molecule has 2 nitrogen and oxygen atoms in total. The summed E-state index contributed by atoms with van der Waals surface area (Å²) in [5.74, 6) is 0.515. The van der Waals surface area contributed by atoms with Crippen LogP contribution in [0.4, 0.5) is 0 Å². The van der Waals surface area contributed by atoms with Crippen LogP contribution >= 0.6 is 0 Å². The highest BCUT2D eigenvalue weighted by Crippen LogP contribution is 2.10. The molecule has 0 aromatic carbocycles. The average molecular weight is 172 g/mol. The fourth-order valence-corrected chi connectivity index (χ4v) is 1.33. The molecule has 62 valence electrons. The summed E-state index contributed by atoms with van der Waals surface area (Å²) in [7, 11) is 0.439. The van der Waals surface area contributed by atoms with Crippen LogP contribution in [0.3, 0.4) is 0 Å². The van der Waals surface area contributed by atoms with Crippen molar-refractivity contribution in [1.29, 1.82) is 0 Å². The van der Waals surface area contributed by atoms with Crippen LogP contribution < -0.4 is 0 Å². The Kier molecular flexibility index (Phi) is 4.54. The zero-order chi connectivity index (χ0) is 8.85. The van der Waals surface area contributed by atoms with Crippen molar-refractivity contribution in [2.45, 2.75) is 0 Å². The lowest BCUT2D eigenvalue weighted by atomic mass is 10.4. The number of allylic oxidation sites excluding steroid dienone is 2. The first-order chi connectivity index (χ1) is 5.17. The van der Waals surface area contributed by atoms with Crippen molar-refractivity contribution in [2.75, 3.05) is 13.4 Å². The molecule has 0 aromatic rings. The van der Waals surface area contributed by atoms with Crippen LogP contribution in [0.2, 0.25) is 0 Å². The summed E-state index contributed by atoms with van der Waals surface area (Å²) in [4.78, 5) is 0.572. The van der Waals surface area contributed by atoms with E-state index in [0.29, 0.717) is 10.7 Å². The molecular formula is C8H12O2S. The SMILES string of the molecule is C=C/C(OC)=C(\C=C)S(C)=O. The number of ether oxygens (including phenoxy) is 1. The van der Waals surface area contributed by atoms with Gasteiger partial charge in [-0.15, -0.1) is 0 Å². The number of rotatable bonds is 4. The fraction of sp³-hybridized carbons (Fsp3) is 0.250. The molecule has 0 aliphatic heterocycles. The Labute approximate surface area is 69.7 Å². The van der Waals surface area contributed by atoms with Crippen molar-refractivity contribution in [3.05, 3.63) is 36.0 Å². The molecule has 0 N–H and O–H groups in total. The minimum Gasteiger partial charge on any atom is -0.496 e. The van der Waals surface area contributed by atoms with Crippen LogP contribution in [0, 0.1) is 0 Å². The highest BCUT2D eigenvalue weighted by Gasteiger charge is 2.03. The lowest BCUT2D eigenvalue weighted by molar-refractivity contribution is 0.306. The van der Waals surface area contributed by atoms with E-state index in [1.807, 2.05) is 0 Å². The average Bonchev–Trinajstić information content (AvgIpc) is 1.99. The maximum atomic E-state index is 11.0. The van der Waals surface area contributed by atoms with Gasteiger partial charge < -0.3 is 4.74 Å². The van der Waals surface area contributed by atoms with Crippen molar-refractivity contribution in [3.63, 3.8) is 0 Å². The van der Waals surface area contributed by atoms with Gasteiger partial charge in [0.05, 0.1) is 22.8 Å². The highest BCUT2D eigenvalue weighted by molar-refractivity contribution is 7.88. The van der Waals surface area contributed by atoms with Gasteiger partial charge in [-0.05, 0) is 12.2 Å². The molecule has 0 heterocycles. The Balaban J connectivity index is 4.92. The first-order valence-electron chi connectivity index (χ1n) is 3.04. The molecule has 1 unspecified atom stereocenters. The van der Waals surface area contributed by atoms with Crippen molar-refractivity contribution in [3.8, 4) is 0 Å². The molecular weight excluding hydrogens is 160 g/mol. The van der Waals surface area contributed by atoms with Gasteiger partial charge in [0.1, 0.15) is 5.76 Å². The van der Waals surface area contributed by atoms with E-state index < -0.39 is 10.8 Å². The van der Waals surface area contributed by atoms with Gasteiger partial charge in [0.2, 0.25) is 0 Å². The molecule has 0 aromatic heterocycles. The molecule has 0 aliphatic rings. The second-order valence-corrected chi connectivity index (χ2v) is 3.14. The Bertz CT molecular complexity index is 216. The second-order valence-electron chi connectivity index (χ2n) is 1.79. The highest BCUT2D eigenvalue weighted by atomic mass is 32.2. The van der Waals surface area contributed by atoms with Crippen molar-refractivity contribution in [1.82, 2.24) is 0 Å². The predicted octanol–water partition coefficient (Wildman–Crippen LogP) is 1.59. The third kappa shape index (κ3) is 2.72. The molecule has 0 spiro atoms. The Morgan fingerprint density at radius 2 is 2.00 bits per heavy atom. The summed E-state index contributed by atoms with van der Waals surface area (Å²) in [6, 6.07) is 0. The lowest BCUT2D eigenvalue weighted by Crippen LogP contribution is -1.95. The Morgan fingerprint density at radius 1 is 1.45 bits per heavy atom. The van der Waals surface area contributed by atoms with Gasteiger partial charge in [-0.2, -0.15) is 0 Å². The maximum Gasteiger partial charge on any atom is 0.134 e. The summed E-state index contributed by atoms with van der Waals surface area (Å²) >= 11 is 0. The van der Waals surface area contributed by atoms with E-state index in [4.69, 9.17) is 4.74 Å². The van der Waals surface area contributed by atoms with Crippen molar-refractivity contribution >= 4 is 10.8 Å². The molecule has 3 heteroatoms. The molecule has 0 rings (SSSR count). The standard InChI is InChI=1S/C8H12O2S/c1-5-7(10-3)8(6-2)11(4)9/h5-6H,1-2H2,3-4H3/b8-7-. The maximum absolute atomic E-state index is 11.0. The van der Waals surface area contributed by atoms with Crippen molar-refractivity contribution in [2.24, 2.45) is 0 Å². The minimum atomic E-state index is -1.07. The van der Waals surface area contributed by atoms with Crippen LogP contribution in [-0.2, 0) is 15.5 Å². The third-order valence-electron chi connectivity index (χ3n) is 1.14. The molecule has 0 radical (unpaired) electrons. The van der Waals surface area contributed by atoms with E-state index in [1.165, 1.54) is 19.3 Å². The Hall–Kier alpha value is -0.830. The fourth-order valence-electron chi connectivity index (χ4n) is 0.644. The zero-order valence-electron chi connectivity index (χ0n) is 6.79. The van der Waals surface area contributed by atoms with Gasteiger partial charge in [0.25, 0.3) is 0 Å². The first kappa shape index (κ1) is 10.2.